The summed E-state index contributed by atoms with van der Waals surface area (Å²) in [6.45, 7) is 2.02. The molecule has 1 aromatic carbocycles. The Morgan fingerprint density at radius 1 is 1.50 bits per heavy atom. The molecule has 0 bridgehead atoms. The van der Waals surface area contributed by atoms with Crippen LogP contribution in [-0.2, 0) is 6.42 Å². The Balaban J connectivity index is 2.11. The Kier molecular flexibility index (Phi) is 3.61. The van der Waals surface area contributed by atoms with E-state index in [0.717, 1.165) is 40.7 Å². The molecule has 0 spiro atoms. The predicted octanol–water partition coefficient (Wildman–Crippen LogP) is 3.26. The number of fused-ring (bicyclic) bond motifs is 1. The Morgan fingerprint density at radius 2 is 2.31 bits per heavy atom. The van der Waals surface area contributed by atoms with Crippen LogP contribution >= 0.6 is 15.9 Å². The third-order valence-electron chi connectivity index (χ3n) is 2.46. The van der Waals surface area contributed by atoms with Crippen molar-refractivity contribution in [3.63, 3.8) is 0 Å². The lowest BCUT2D eigenvalue weighted by molar-refractivity contribution is 0.502. The first kappa shape index (κ1) is 11.6. The molecule has 1 heterocycles. The number of para-hydroxylation sites is 1. The minimum absolute atomic E-state index is 0.246. The Morgan fingerprint density at radius 3 is 3.00 bits per heavy atom. The van der Waals surface area contributed by atoms with Crippen LogP contribution in [0.15, 0.2) is 27.1 Å². The molecule has 2 aromatic rings. The first-order chi connectivity index (χ1) is 7.66. The zero-order valence-electron chi connectivity index (χ0n) is 9.24. The van der Waals surface area contributed by atoms with Gasteiger partial charge >= 0.3 is 0 Å². The highest BCUT2D eigenvalue weighted by molar-refractivity contribution is 9.10. The highest BCUT2D eigenvalue weighted by Crippen LogP contribution is 2.24. The van der Waals surface area contributed by atoms with E-state index in [-0.39, 0.29) is 6.04 Å². The van der Waals surface area contributed by atoms with Crippen LogP contribution in [0.1, 0.15) is 25.7 Å². The minimum Gasteiger partial charge on any atom is -0.440 e. The van der Waals surface area contributed by atoms with Crippen LogP contribution < -0.4 is 5.73 Å². The maximum Gasteiger partial charge on any atom is 0.195 e. The smallest absolute Gasteiger partial charge is 0.195 e. The van der Waals surface area contributed by atoms with Gasteiger partial charge in [0, 0.05) is 12.5 Å². The van der Waals surface area contributed by atoms with Crippen molar-refractivity contribution in [1.29, 1.82) is 0 Å². The number of rotatable bonds is 4. The number of aryl methyl sites for hydroxylation is 1. The molecular weight excluding hydrogens is 268 g/mol. The molecule has 86 valence electrons. The summed E-state index contributed by atoms with van der Waals surface area (Å²) in [7, 11) is 0. The highest BCUT2D eigenvalue weighted by atomic mass is 79.9. The lowest BCUT2D eigenvalue weighted by Gasteiger charge is -2.01. The monoisotopic (exact) mass is 282 g/mol. The van der Waals surface area contributed by atoms with Gasteiger partial charge in [-0.15, -0.1) is 0 Å². The molecule has 0 saturated carbocycles. The average molecular weight is 283 g/mol. The first-order valence-corrected chi connectivity index (χ1v) is 6.25. The molecule has 4 heteroatoms. The summed E-state index contributed by atoms with van der Waals surface area (Å²) in [5.41, 5.74) is 7.44. The largest absolute Gasteiger partial charge is 0.440 e. The van der Waals surface area contributed by atoms with Gasteiger partial charge in [0.05, 0.1) is 4.47 Å². The fraction of sp³-hybridized carbons (Fsp3) is 0.417. The van der Waals surface area contributed by atoms with Crippen LogP contribution in [0, 0.1) is 0 Å². The Hall–Kier alpha value is -0.870. The van der Waals surface area contributed by atoms with E-state index in [4.69, 9.17) is 10.2 Å². The quantitative estimate of drug-likeness (QED) is 0.937. The van der Waals surface area contributed by atoms with Gasteiger partial charge in [-0.25, -0.2) is 4.98 Å². The normalized spacial score (nSPS) is 13.2. The minimum atomic E-state index is 0.246. The number of halogens is 1. The number of nitrogens with two attached hydrogens (primary N) is 1. The number of benzene rings is 1. The van der Waals surface area contributed by atoms with E-state index in [9.17, 15) is 0 Å². The molecule has 3 nitrogen and oxygen atoms in total. The first-order valence-electron chi connectivity index (χ1n) is 5.46. The number of oxazole rings is 1. The van der Waals surface area contributed by atoms with Crippen molar-refractivity contribution in [1.82, 2.24) is 4.98 Å². The van der Waals surface area contributed by atoms with Crippen LogP contribution in [0.4, 0.5) is 0 Å². The fourth-order valence-electron chi connectivity index (χ4n) is 1.64. The summed E-state index contributed by atoms with van der Waals surface area (Å²) in [4.78, 5) is 4.43. The summed E-state index contributed by atoms with van der Waals surface area (Å²) in [5, 5.41) is 0. The second-order valence-electron chi connectivity index (χ2n) is 4.07. The molecule has 0 radical (unpaired) electrons. The molecule has 0 aliphatic carbocycles. The van der Waals surface area contributed by atoms with E-state index in [0.29, 0.717) is 0 Å². The number of nitrogens with zero attached hydrogens (tertiary/aromatic N) is 1. The predicted molar refractivity (Wildman–Crippen MR) is 68.3 cm³/mol. The summed E-state index contributed by atoms with van der Waals surface area (Å²) < 4.78 is 6.64. The standard InChI is InChI=1S/C12H15BrN2O/c1-8(14)4-2-7-11-15-10-6-3-5-9(13)12(10)16-11/h3,5-6,8H,2,4,7,14H2,1H3. The van der Waals surface area contributed by atoms with Crippen molar-refractivity contribution in [3.05, 3.63) is 28.6 Å². The van der Waals surface area contributed by atoms with Crippen molar-refractivity contribution < 1.29 is 4.42 Å². The summed E-state index contributed by atoms with van der Waals surface area (Å²) in [6.07, 6.45) is 2.87. The molecule has 0 amide bonds. The van der Waals surface area contributed by atoms with Crippen molar-refractivity contribution in [2.24, 2.45) is 5.73 Å². The Bertz CT molecular complexity index is 479. The zero-order chi connectivity index (χ0) is 11.5. The second-order valence-corrected chi connectivity index (χ2v) is 4.92. The van der Waals surface area contributed by atoms with Crippen molar-refractivity contribution in [2.75, 3.05) is 0 Å². The van der Waals surface area contributed by atoms with Crippen LogP contribution in [0.3, 0.4) is 0 Å². The molecule has 16 heavy (non-hydrogen) atoms. The van der Waals surface area contributed by atoms with Gasteiger partial charge in [0.1, 0.15) is 5.52 Å². The van der Waals surface area contributed by atoms with Gasteiger partial charge in [-0.3, -0.25) is 0 Å². The van der Waals surface area contributed by atoms with Gasteiger partial charge in [0.25, 0.3) is 0 Å². The molecule has 0 aliphatic rings. The van der Waals surface area contributed by atoms with E-state index in [1.54, 1.807) is 0 Å². The van der Waals surface area contributed by atoms with E-state index >= 15 is 0 Å². The van der Waals surface area contributed by atoms with Gasteiger partial charge in [-0.05, 0) is 47.8 Å². The van der Waals surface area contributed by atoms with Crippen LogP contribution in [-0.4, -0.2) is 11.0 Å². The lowest BCUT2D eigenvalue weighted by Crippen LogP contribution is -2.14. The average Bonchev–Trinajstić information content (AvgIpc) is 2.61. The van der Waals surface area contributed by atoms with E-state index < -0.39 is 0 Å². The van der Waals surface area contributed by atoms with Gasteiger partial charge < -0.3 is 10.2 Å². The van der Waals surface area contributed by atoms with Gasteiger partial charge in [-0.2, -0.15) is 0 Å². The van der Waals surface area contributed by atoms with E-state index in [2.05, 4.69) is 20.9 Å². The summed E-state index contributed by atoms with van der Waals surface area (Å²) >= 11 is 3.45. The van der Waals surface area contributed by atoms with Gasteiger partial charge in [0.15, 0.2) is 11.5 Å². The molecule has 0 fully saturated rings. The zero-order valence-corrected chi connectivity index (χ0v) is 10.8. The maximum atomic E-state index is 5.70. The summed E-state index contributed by atoms with van der Waals surface area (Å²) in [5.74, 6) is 0.794. The fourth-order valence-corrected chi connectivity index (χ4v) is 2.08. The molecule has 1 atom stereocenters. The van der Waals surface area contributed by atoms with Crippen molar-refractivity contribution >= 4 is 27.0 Å². The lowest BCUT2D eigenvalue weighted by atomic mass is 10.1. The van der Waals surface area contributed by atoms with Gasteiger partial charge in [-0.1, -0.05) is 6.07 Å². The van der Waals surface area contributed by atoms with Crippen LogP contribution in [0.5, 0.6) is 0 Å². The molecular formula is C12H15BrN2O. The molecule has 2 N–H and O–H groups in total. The van der Waals surface area contributed by atoms with Crippen LogP contribution in [0.25, 0.3) is 11.1 Å². The Labute approximate surface area is 103 Å². The third-order valence-corrected chi connectivity index (χ3v) is 3.09. The molecule has 0 aliphatic heterocycles. The van der Waals surface area contributed by atoms with Crippen LogP contribution in [0.2, 0.25) is 0 Å². The number of hydrogen-bond donors (Lipinski definition) is 1. The highest BCUT2D eigenvalue weighted by Gasteiger charge is 2.08. The summed E-state index contributed by atoms with van der Waals surface area (Å²) in [6, 6.07) is 6.12. The second kappa shape index (κ2) is 4.97. The van der Waals surface area contributed by atoms with E-state index in [1.165, 1.54) is 0 Å². The molecule has 1 aromatic heterocycles. The third kappa shape index (κ3) is 2.62. The topological polar surface area (TPSA) is 52.0 Å². The molecule has 1 unspecified atom stereocenters. The maximum absolute atomic E-state index is 5.70. The van der Waals surface area contributed by atoms with Gasteiger partial charge in [0.2, 0.25) is 0 Å². The SMILES string of the molecule is CC(N)CCCc1nc2cccc(Br)c2o1. The number of aromatic nitrogens is 1. The van der Waals surface area contributed by atoms with Crippen molar-refractivity contribution in [2.45, 2.75) is 32.2 Å². The number of hydrogen-bond acceptors (Lipinski definition) is 3. The molecule has 2 rings (SSSR count). The van der Waals surface area contributed by atoms with E-state index in [1.807, 2.05) is 25.1 Å². The van der Waals surface area contributed by atoms with Crippen molar-refractivity contribution in [3.8, 4) is 0 Å². The molecule has 0 saturated heterocycles.